The van der Waals surface area contributed by atoms with Crippen LogP contribution in [0.25, 0.3) is 22.4 Å². The van der Waals surface area contributed by atoms with E-state index in [4.69, 9.17) is 4.52 Å². The molecule has 1 fully saturated rings. The van der Waals surface area contributed by atoms with Crippen LogP contribution in [-0.2, 0) is 10.0 Å². The highest BCUT2D eigenvalue weighted by Gasteiger charge is 2.33. The number of benzene rings is 2. The fraction of sp³-hybridized carbons (Fsp3) is 0.238. The summed E-state index contributed by atoms with van der Waals surface area (Å²) in [6.45, 7) is 0.464. The molecule has 1 unspecified atom stereocenters. The third-order valence-electron chi connectivity index (χ3n) is 5.61. The van der Waals surface area contributed by atoms with Crippen LogP contribution < -0.4 is 11.1 Å². The molecule has 0 aliphatic carbocycles. The van der Waals surface area contributed by atoms with Crippen LogP contribution in [0.4, 0.5) is 4.39 Å². The standard InChI is InChI=1S/C21H18FN5O5S/c22-14-5-3-12(4-6-14)18-25-21(32-26-18)13-2-1-9-27(11-13)33(30,31)15-7-8-16-17(10-15)24-20(29)19(28)23-16/h3-8,10,13H,1-2,9,11H2,(H,23,28)(H,24,29). The van der Waals surface area contributed by atoms with Crippen molar-refractivity contribution in [3.63, 3.8) is 0 Å². The number of H-pyrrole nitrogens is 2. The number of hydrogen-bond acceptors (Lipinski definition) is 7. The van der Waals surface area contributed by atoms with Crippen LogP contribution in [-0.4, -0.2) is 45.9 Å². The van der Waals surface area contributed by atoms with Crippen LogP contribution in [0, 0.1) is 5.82 Å². The molecule has 0 bridgehead atoms. The van der Waals surface area contributed by atoms with Crippen molar-refractivity contribution in [2.45, 2.75) is 23.7 Å². The van der Waals surface area contributed by atoms with Crippen molar-refractivity contribution in [2.24, 2.45) is 0 Å². The maximum absolute atomic E-state index is 13.3. The molecule has 2 aromatic carbocycles. The number of aromatic amines is 2. The first kappa shape index (κ1) is 21.2. The summed E-state index contributed by atoms with van der Waals surface area (Å²) in [5.41, 5.74) is -0.529. The summed E-state index contributed by atoms with van der Waals surface area (Å²) in [6, 6.07) is 9.82. The molecule has 1 aliphatic heterocycles. The van der Waals surface area contributed by atoms with Crippen LogP contribution in [0.2, 0.25) is 0 Å². The molecule has 12 heteroatoms. The molecule has 1 saturated heterocycles. The van der Waals surface area contributed by atoms with E-state index in [9.17, 15) is 22.4 Å². The maximum atomic E-state index is 13.3. The molecule has 5 rings (SSSR count). The molecule has 0 radical (unpaired) electrons. The van der Waals surface area contributed by atoms with Gasteiger partial charge in [0.05, 0.1) is 21.8 Å². The second-order valence-corrected chi connectivity index (χ2v) is 9.72. The van der Waals surface area contributed by atoms with E-state index in [1.54, 1.807) is 12.1 Å². The number of fused-ring (bicyclic) bond motifs is 1. The highest BCUT2D eigenvalue weighted by atomic mass is 32.2. The van der Waals surface area contributed by atoms with E-state index >= 15 is 0 Å². The number of rotatable bonds is 4. The number of hydrogen-bond donors (Lipinski definition) is 2. The Hall–Kier alpha value is -3.64. The van der Waals surface area contributed by atoms with Crippen molar-refractivity contribution >= 4 is 21.1 Å². The normalized spacial score (nSPS) is 17.4. The lowest BCUT2D eigenvalue weighted by atomic mass is 10.00. The van der Waals surface area contributed by atoms with Crippen molar-refractivity contribution < 1.29 is 17.3 Å². The van der Waals surface area contributed by atoms with Crippen LogP contribution in [0.1, 0.15) is 24.7 Å². The second-order valence-electron chi connectivity index (χ2n) is 7.78. The molecular weight excluding hydrogens is 453 g/mol. The van der Waals surface area contributed by atoms with Gasteiger partial charge in [-0.2, -0.15) is 9.29 Å². The average molecular weight is 471 g/mol. The Labute approximate surface area is 186 Å². The number of halogens is 1. The van der Waals surface area contributed by atoms with Gasteiger partial charge in [0.15, 0.2) is 0 Å². The van der Waals surface area contributed by atoms with Gasteiger partial charge < -0.3 is 14.5 Å². The fourth-order valence-corrected chi connectivity index (χ4v) is 5.43. The minimum atomic E-state index is -3.88. The van der Waals surface area contributed by atoms with Gasteiger partial charge in [-0.25, -0.2) is 12.8 Å². The Morgan fingerprint density at radius 1 is 1.03 bits per heavy atom. The van der Waals surface area contributed by atoms with Gasteiger partial charge in [0.2, 0.25) is 21.7 Å². The lowest BCUT2D eigenvalue weighted by Crippen LogP contribution is -2.39. The summed E-state index contributed by atoms with van der Waals surface area (Å²) in [6.07, 6.45) is 1.26. The maximum Gasteiger partial charge on any atom is 0.314 e. The third kappa shape index (κ3) is 3.98. The highest BCUT2D eigenvalue weighted by molar-refractivity contribution is 7.89. The number of piperidine rings is 1. The van der Waals surface area contributed by atoms with E-state index in [1.807, 2.05) is 0 Å². The Bertz CT molecular complexity index is 1560. The van der Waals surface area contributed by atoms with E-state index in [2.05, 4.69) is 20.1 Å². The summed E-state index contributed by atoms with van der Waals surface area (Å²) in [4.78, 5) is 32.3. The molecule has 10 nitrogen and oxygen atoms in total. The number of nitrogens with zero attached hydrogens (tertiary/aromatic N) is 3. The van der Waals surface area contributed by atoms with Gasteiger partial charge >= 0.3 is 11.1 Å². The van der Waals surface area contributed by atoms with E-state index in [-0.39, 0.29) is 28.7 Å². The SMILES string of the molecule is O=c1[nH]c2ccc(S(=O)(=O)N3CCCC(c4nc(-c5ccc(F)cc5)no4)C3)cc2[nH]c1=O. The number of aromatic nitrogens is 4. The quantitative estimate of drug-likeness (QED) is 0.433. The zero-order valence-electron chi connectivity index (χ0n) is 17.1. The number of nitrogens with one attached hydrogen (secondary N) is 2. The molecule has 0 amide bonds. The molecule has 3 heterocycles. The summed E-state index contributed by atoms with van der Waals surface area (Å²) in [7, 11) is -3.88. The molecule has 1 aliphatic rings. The smallest absolute Gasteiger partial charge is 0.314 e. The zero-order chi connectivity index (χ0) is 23.2. The van der Waals surface area contributed by atoms with E-state index in [0.717, 1.165) is 0 Å². The topological polar surface area (TPSA) is 142 Å². The largest absolute Gasteiger partial charge is 0.339 e. The second kappa shape index (κ2) is 8.05. The van der Waals surface area contributed by atoms with Gasteiger partial charge in [-0.3, -0.25) is 9.59 Å². The van der Waals surface area contributed by atoms with E-state index < -0.39 is 21.1 Å². The zero-order valence-corrected chi connectivity index (χ0v) is 17.9. The molecule has 0 spiro atoms. The minimum Gasteiger partial charge on any atom is -0.339 e. The molecule has 2 N–H and O–H groups in total. The molecule has 1 atom stereocenters. The van der Waals surface area contributed by atoms with Crippen molar-refractivity contribution in [1.82, 2.24) is 24.4 Å². The monoisotopic (exact) mass is 471 g/mol. The van der Waals surface area contributed by atoms with Crippen molar-refractivity contribution in [2.75, 3.05) is 13.1 Å². The molecule has 0 saturated carbocycles. The highest BCUT2D eigenvalue weighted by Crippen LogP contribution is 2.31. The molecule has 4 aromatic rings. The number of sulfonamides is 1. The van der Waals surface area contributed by atoms with Crippen LogP contribution in [0.3, 0.4) is 0 Å². The Balaban J connectivity index is 1.41. The molecular formula is C21H18FN5O5S. The summed E-state index contributed by atoms with van der Waals surface area (Å²) in [5.74, 6) is -0.0568. The summed E-state index contributed by atoms with van der Waals surface area (Å²) < 4.78 is 46.4. The Morgan fingerprint density at radius 3 is 2.52 bits per heavy atom. The summed E-state index contributed by atoms with van der Waals surface area (Å²) >= 11 is 0. The fourth-order valence-electron chi connectivity index (χ4n) is 3.88. The molecule has 33 heavy (non-hydrogen) atoms. The minimum absolute atomic E-state index is 0.00382. The van der Waals surface area contributed by atoms with E-state index in [0.29, 0.717) is 42.2 Å². The van der Waals surface area contributed by atoms with Gasteiger partial charge in [-0.05, 0) is 55.3 Å². The van der Waals surface area contributed by atoms with Crippen molar-refractivity contribution in [3.05, 3.63) is 74.9 Å². The lowest BCUT2D eigenvalue weighted by Gasteiger charge is -2.30. The van der Waals surface area contributed by atoms with Crippen LogP contribution in [0.15, 0.2) is 61.5 Å². The van der Waals surface area contributed by atoms with Crippen LogP contribution in [0.5, 0.6) is 0 Å². The van der Waals surface area contributed by atoms with Gasteiger partial charge in [-0.1, -0.05) is 5.16 Å². The molecule has 170 valence electrons. The molecule has 2 aromatic heterocycles. The van der Waals surface area contributed by atoms with Gasteiger partial charge in [0.25, 0.3) is 0 Å². The Morgan fingerprint density at radius 2 is 1.76 bits per heavy atom. The predicted molar refractivity (Wildman–Crippen MR) is 116 cm³/mol. The van der Waals surface area contributed by atoms with Crippen molar-refractivity contribution in [3.8, 4) is 11.4 Å². The predicted octanol–water partition coefficient (Wildman–Crippen LogP) is 1.97. The van der Waals surface area contributed by atoms with Crippen molar-refractivity contribution in [1.29, 1.82) is 0 Å². The first-order valence-electron chi connectivity index (χ1n) is 10.2. The summed E-state index contributed by atoms with van der Waals surface area (Å²) in [5, 5.41) is 3.95. The van der Waals surface area contributed by atoms with Crippen LogP contribution >= 0.6 is 0 Å². The lowest BCUT2D eigenvalue weighted by molar-refractivity contribution is 0.265. The first-order chi connectivity index (χ1) is 15.8. The first-order valence-corrected chi connectivity index (χ1v) is 11.6. The third-order valence-corrected chi connectivity index (χ3v) is 7.47. The van der Waals surface area contributed by atoms with E-state index in [1.165, 1.54) is 34.6 Å². The van der Waals surface area contributed by atoms with Gasteiger partial charge in [0.1, 0.15) is 5.82 Å². The van der Waals surface area contributed by atoms with Gasteiger partial charge in [-0.15, -0.1) is 0 Å². The Kier molecular flexibility index (Phi) is 5.17. The van der Waals surface area contributed by atoms with Gasteiger partial charge in [0, 0.05) is 18.7 Å². The average Bonchev–Trinajstić information content (AvgIpc) is 3.30.